The fraction of sp³-hybridized carbons (Fsp3) is 0.321. The molecule has 1 fully saturated rings. The summed E-state index contributed by atoms with van der Waals surface area (Å²) in [4.78, 5) is 47.7. The van der Waals surface area contributed by atoms with Gasteiger partial charge in [-0.15, -0.1) is 0 Å². The quantitative estimate of drug-likeness (QED) is 0.348. The van der Waals surface area contributed by atoms with E-state index in [0.29, 0.717) is 41.4 Å². The topological polar surface area (TPSA) is 105 Å². The molecule has 0 radical (unpaired) electrons. The molecule has 13 heteroatoms. The Morgan fingerprint density at radius 2 is 1.63 bits per heavy atom. The highest BCUT2D eigenvalue weighted by Gasteiger charge is 2.36. The van der Waals surface area contributed by atoms with Gasteiger partial charge in [-0.3, -0.25) is 9.20 Å². The number of hydrogen-bond donors (Lipinski definition) is 0. The number of carbonyl (C=O) groups is 2. The fourth-order valence-corrected chi connectivity index (χ4v) is 5.27. The molecule has 2 aliphatic rings. The zero-order valence-corrected chi connectivity index (χ0v) is 22.5. The first-order valence-electron chi connectivity index (χ1n) is 13.1. The number of nitrogens with zero attached hydrogens (tertiary/aromatic N) is 7. The molecule has 5 heterocycles. The minimum absolute atomic E-state index is 0.0305. The Bertz CT molecular complexity index is 1710. The van der Waals surface area contributed by atoms with Crippen LogP contribution in [-0.2, 0) is 11.8 Å². The van der Waals surface area contributed by atoms with E-state index in [4.69, 9.17) is 4.74 Å². The molecule has 1 saturated heterocycles. The number of halogens is 2. The summed E-state index contributed by atoms with van der Waals surface area (Å²) in [5.74, 6) is -3.01. The number of hydrogen-bond acceptors (Lipinski definition) is 8. The van der Waals surface area contributed by atoms with Crippen LogP contribution >= 0.6 is 0 Å². The average Bonchev–Trinajstić information content (AvgIpc) is 3.27. The van der Waals surface area contributed by atoms with Gasteiger partial charge in [0.1, 0.15) is 0 Å². The molecule has 212 valence electrons. The number of benzene rings is 1. The molecule has 0 atom stereocenters. The van der Waals surface area contributed by atoms with Crippen LogP contribution in [0.1, 0.15) is 33.6 Å². The van der Waals surface area contributed by atoms with E-state index in [1.54, 1.807) is 55.7 Å². The number of methoxy groups -OCH3 is 1. The summed E-state index contributed by atoms with van der Waals surface area (Å²) in [7, 11) is 2.90. The van der Waals surface area contributed by atoms with Crippen LogP contribution in [0.3, 0.4) is 0 Å². The van der Waals surface area contributed by atoms with Crippen LogP contribution in [0, 0.1) is 0 Å². The van der Waals surface area contributed by atoms with E-state index in [-0.39, 0.29) is 37.5 Å². The second-order valence-electron chi connectivity index (χ2n) is 10.1. The van der Waals surface area contributed by atoms with Gasteiger partial charge in [-0.1, -0.05) is 0 Å². The monoisotopic (exact) mass is 563 g/mol. The molecular formula is C28H27F2N7O4. The number of pyridine rings is 2. The number of likely N-dealkylation sites (tertiary alicyclic amines) is 1. The third-order valence-corrected chi connectivity index (χ3v) is 7.54. The van der Waals surface area contributed by atoms with Crippen molar-refractivity contribution in [2.45, 2.75) is 18.8 Å². The lowest BCUT2D eigenvalue weighted by Gasteiger charge is -2.38. The number of carbonyl (C=O) groups excluding carboxylic acids is 2. The summed E-state index contributed by atoms with van der Waals surface area (Å²) in [5.41, 5.74) is 3.07. The number of alkyl halides is 2. The standard InChI is InChI=1S/C28H27F2N7O4/c1-33-27(40)37-10-7-21(16-23(37)32-33)36-14-13-35(20-5-3-18(4-6-20)26(39)41-2)22-15-19(17-31-24(22)36)25(38)34-11-8-28(29,30)9-12-34/h3-7,10,15-17H,8-9,11-14H2,1-2H3. The Hall–Kier alpha value is -4.81. The Morgan fingerprint density at radius 1 is 0.927 bits per heavy atom. The van der Waals surface area contributed by atoms with Gasteiger partial charge in [0.15, 0.2) is 11.5 Å². The zero-order valence-electron chi connectivity index (χ0n) is 22.5. The maximum absolute atomic E-state index is 13.7. The Kier molecular flexibility index (Phi) is 6.43. The highest BCUT2D eigenvalue weighted by Crippen LogP contribution is 2.40. The van der Waals surface area contributed by atoms with Crippen molar-refractivity contribution in [2.75, 3.05) is 43.1 Å². The smallest absolute Gasteiger partial charge is 0.350 e. The van der Waals surface area contributed by atoms with Gasteiger partial charge in [0, 0.05) is 75.9 Å². The molecule has 3 aromatic heterocycles. The number of aryl methyl sites for hydroxylation is 1. The van der Waals surface area contributed by atoms with E-state index in [1.807, 2.05) is 9.80 Å². The largest absolute Gasteiger partial charge is 0.465 e. The number of rotatable bonds is 4. The number of piperidine rings is 1. The van der Waals surface area contributed by atoms with Crippen molar-refractivity contribution in [1.29, 1.82) is 0 Å². The summed E-state index contributed by atoms with van der Waals surface area (Å²) in [5, 5.41) is 4.28. The Balaban J connectivity index is 1.40. The van der Waals surface area contributed by atoms with Crippen LogP contribution in [0.2, 0.25) is 0 Å². The molecule has 0 aliphatic carbocycles. The molecule has 11 nitrogen and oxygen atoms in total. The molecule has 2 aliphatic heterocycles. The molecule has 0 bridgehead atoms. The van der Waals surface area contributed by atoms with Crippen molar-refractivity contribution in [3.63, 3.8) is 0 Å². The van der Waals surface area contributed by atoms with Gasteiger partial charge in [-0.25, -0.2) is 28.0 Å². The molecule has 6 rings (SSSR count). The maximum Gasteiger partial charge on any atom is 0.350 e. The van der Waals surface area contributed by atoms with Gasteiger partial charge < -0.3 is 19.4 Å². The summed E-state index contributed by atoms with van der Waals surface area (Å²) in [6, 6.07) is 12.2. The first kappa shape index (κ1) is 26.4. The van der Waals surface area contributed by atoms with E-state index in [9.17, 15) is 23.2 Å². The van der Waals surface area contributed by atoms with Crippen LogP contribution in [0.25, 0.3) is 5.65 Å². The molecule has 4 aromatic rings. The van der Waals surface area contributed by atoms with E-state index < -0.39 is 11.9 Å². The zero-order chi connectivity index (χ0) is 28.9. The second-order valence-corrected chi connectivity index (χ2v) is 10.1. The first-order valence-corrected chi connectivity index (χ1v) is 13.1. The van der Waals surface area contributed by atoms with Gasteiger partial charge in [-0.2, -0.15) is 5.10 Å². The minimum atomic E-state index is -2.77. The molecule has 1 aromatic carbocycles. The average molecular weight is 564 g/mol. The van der Waals surface area contributed by atoms with Gasteiger partial charge >= 0.3 is 11.7 Å². The molecule has 41 heavy (non-hydrogen) atoms. The Labute approximate surface area is 233 Å². The molecular weight excluding hydrogens is 536 g/mol. The lowest BCUT2D eigenvalue weighted by Crippen LogP contribution is -2.43. The van der Waals surface area contributed by atoms with Gasteiger partial charge in [0.25, 0.3) is 11.8 Å². The van der Waals surface area contributed by atoms with Crippen LogP contribution < -0.4 is 15.5 Å². The van der Waals surface area contributed by atoms with Crippen molar-refractivity contribution < 1.29 is 23.1 Å². The first-order chi connectivity index (χ1) is 19.6. The van der Waals surface area contributed by atoms with Crippen LogP contribution in [-0.4, -0.2) is 75.2 Å². The number of aromatic nitrogens is 4. The lowest BCUT2D eigenvalue weighted by molar-refractivity contribution is -0.0494. The van der Waals surface area contributed by atoms with Crippen molar-refractivity contribution in [1.82, 2.24) is 24.1 Å². The lowest BCUT2D eigenvalue weighted by atomic mass is 10.1. The molecule has 0 N–H and O–H groups in total. The highest BCUT2D eigenvalue weighted by molar-refractivity contribution is 5.97. The Morgan fingerprint density at radius 3 is 2.34 bits per heavy atom. The van der Waals surface area contributed by atoms with Crippen LogP contribution in [0.4, 0.5) is 31.7 Å². The molecule has 0 unspecified atom stereocenters. The van der Waals surface area contributed by atoms with Crippen LogP contribution in [0.15, 0.2) is 59.7 Å². The van der Waals surface area contributed by atoms with Crippen molar-refractivity contribution >= 4 is 40.4 Å². The summed E-state index contributed by atoms with van der Waals surface area (Å²) < 4.78 is 34.9. The van der Waals surface area contributed by atoms with E-state index in [1.165, 1.54) is 27.3 Å². The normalized spacial score (nSPS) is 16.5. The van der Waals surface area contributed by atoms with Gasteiger partial charge in [0.2, 0.25) is 0 Å². The third-order valence-electron chi connectivity index (χ3n) is 7.54. The van der Waals surface area contributed by atoms with Gasteiger partial charge in [0.05, 0.1) is 23.9 Å². The maximum atomic E-state index is 13.7. The number of esters is 1. The van der Waals surface area contributed by atoms with E-state index >= 15 is 0 Å². The highest BCUT2D eigenvalue weighted by atomic mass is 19.3. The van der Waals surface area contributed by atoms with E-state index in [0.717, 1.165) is 11.4 Å². The third kappa shape index (κ3) is 4.77. The van der Waals surface area contributed by atoms with Crippen molar-refractivity contribution in [3.05, 3.63) is 76.5 Å². The minimum Gasteiger partial charge on any atom is -0.465 e. The van der Waals surface area contributed by atoms with Crippen molar-refractivity contribution in [3.8, 4) is 0 Å². The molecule has 1 amide bonds. The number of ether oxygens (including phenoxy) is 1. The SMILES string of the molecule is COC(=O)c1ccc(N2CCN(c3ccn4c(=O)n(C)nc4c3)c3ncc(C(=O)N4CCC(F)(F)CC4)cc32)cc1. The fourth-order valence-electron chi connectivity index (χ4n) is 5.27. The predicted molar refractivity (Wildman–Crippen MR) is 147 cm³/mol. The number of fused-ring (bicyclic) bond motifs is 2. The second kappa shape index (κ2) is 9.98. The van der Waals surface area contributed by atoms with Crippen LogP contribution in [0.5, 0.6) is 0 Å². The summed E-state index contributed by atoms with van der Waals surface area (Å²) >= 11 is 0. The molecule has 0 saturated carbocycles. The van der Waals surface area contributed by atoms with E-state index in [2.05, 4.69) is 10.1 Å². The molecule has 0 spiro atoms. The van der Waals surface area contributed by atoms with Gasteiger partial charge in [-0.05, 0) is 36.4 Å². The predicted octanol–water partition coefficient (Wildman–Crippen LogP) is 3.38. The summed E-state index contributed by atoms with van der Waals surface area (Å²) in [6.45, 7) is 0.953. The number of anilines is 4. The van der Waals surface area contributed by atoms with Crippen molar-refractivity contribution in [2.24, 2.45) is 7.05 Å². The number of amides is 1. The summed E-state index contributed by atoms with van der Waals surface area (Å²) in [6.07, 6.45) is 2.38.